The molecular weight excluding hydrogens is 300 g/mol. The van der Waals surface area contributed by atoms with Crippen LogP contribution in [-0.4, -0.2) is 39.6 Å². The molecule has 7 heteroatoms. The van der Waals surface area contributed by atoms with Crippen molar-refractivity contribution in [2.45, 2.75) is 24.3 Å². The third-order valence-corrected chi connectivity index (χ3v) is 4.30. The van der Waals surface area contributed by atoms with Crippen molar-refractivity contribution in [2.24, 2.45) is 7.05 Å². The van der Waals surface area contributed by atoms with Crippen LogP contribution in [0.25, 0.3) is 11.4 Å². The topological polar surface area (TPSA) is 69.0 Å². The van der Waals surface area contributed by atoms with E-state index in [9.17, 15) is 4.79 Å². The van der Waals surface area contributed by atoms with Crippen LogP contribution < -0.4 is 10.1 Å². The number of aromatic nitrogens is 3. The molecule has 118 valence electrons. The Bertz CT molecular complexity index is 657. The lowest BCUT2D eigenvalue weighted by Gasteiger charge is -2.10. The Kier molecular flexibility index (Phi) is 5.43. The molecule has 0 spiro atoms. The van der Waals surface area contributed by atoms with Crippen LogP contribution in [-0.2, 0) is 11.8 Å². The summed E-state index contributed by atoms with van der Waals surface area (Å²) in [7, 11) is 3.52. The molecule has 0 bridgehead atoms. The Balaban J connectivity index is 2.20. The van der Waals surface area contributed by atoms with Crippen molar-refractivity contribution in [3.05, 3.63) is 24.3 Å². The zero-order chi connectivity index (χ0) is 16.1. The van der Waals surface area contributed by atoms with E-state index in [4.69, 9.17) is 4.74 Å². The Morgan fingerprint density at radius 1 is 1.45 bits per heavy atom. The second kappa shape index (κ2) is 7.31. The van der Waals surface area contributed by atoms with Gasteiger partial charge in [-0.15, -0.1) is 10.2 Å². The highest BCUT2D eigenvalue weighted by atomic mass is 32.2. The van der Waals surface area contributed by atoms with Crippen LogP contribution in [0.5, 0.6) is 5.75 Å². The lowest BCUT2D eigenvalue weighted by molar-refractivity contribution is -0.120. The van der Waals surface area contributed by atoms with Crippen LogP contribution in [0.15, 0.2) is 29.4 Å². The van der Waals surface area contributed by atoms with Gasteiger partial charge in [0.2, 0.25) is 5.91 Å². The van der Waals surface area contributed by atoms with Crippen LogP contribution in [0.4, 0.5) is 0 Å². The average molecular weight is 320 g/mol. The zero-order valence-electron chi connectivity index (χ0n) is 13.2. The molecule has 2 aromatic rings. The van der Waals surface area contributed by atoms with Gasteiger partial charge in [-0.3, -0.25) is 4.79 Å². The van der Waals surface area contributed by atoms with Gasteiger partial charge in [-0.2, -0.15) is 0 Å². The molecule has 6 nitrogen and oxygen atoms in total. The maximum atomic E-state index is 11.8. The lowest BCUT2D eigenvalue weighted by Crippen LogP contribution is -2.30. The fourth-order valence-electron chi connectivity index (χ4n) is 1.96. The monoisotopic (exact) mass is 320 g/mol. The van der Waals surface area contributed by atoms with Crippen LogP contribution in [0, 0.1) is 0 Å². The molecule has 1 aromatic carbocycles. The van der Waals surface area contributed by atoms with Crippen LogP contribution in [0.3, 0.4) is 0 Å². The predicted octanol–water partition coefficient (Wildman–Crippen LogP) is 2.11. The van der Waals surface area contributed by atoms with Gasteiger partial charge in [0.05, 0.1) is 12.4 Å². The third-order valence-electron chi connectivity index (χ3n) is 3.17. The number of carbonyl (C=O) groups excluding carboxylic acids is 1. The quantitative estimate of drug-likeness (QED) is 0.826. The van der Waals surface area contributed by atoms with E-state index >= 15 is 0 Å². The third kappa shape index (κ3) is 3.59. The number of carbonyl (C=O) groups is 1. The van der Waals surface area contributed by atoms with E-state index in [0.29, 0.717) is 11.7 Å². The smallest absolute Gasteiger partial charge is 0.233 e. The summed E-state index contributed by atoms with van der Waals surface area (Å²) < 4.78 is 7.11. The van der Waals surface area contributed by atoms with E-state index in [1.165, 1.54) is 11.8 Å². The van der Waals surface area contributed by atoms with Crippen molar-refractivity contribution in [1.29, 1.82) is 0 Å². The summed E-state index contributed by atoms with van der Waals surface area (Å²) in [5.74, 6) is 1.51. The SMILES string of the molecule is CCNC(=O)[C@H](C)Sc1nnc(-c2cccc(OC)c2)n1C. The molecule has 1 aromatic heterocycles. The molecule has 0 saturated carbocycles. The molecule has 1 heterocycles. The van der Waals surface area contributed by atoms with Gasteiger partial charge in [0.15, 0.2) is 11.0 Å². The molecule has 2 rings (SSSR count). The van der Waals surface area contributed by atoms with Crippen molar-refractivity contribution in [2.75, 3.05) is 13.7 Å². The number of thioether (sulfide) groups is 1. The van der Waals surface area contributed by atoms with E-state index in [0.717, 1.165) is 17.1 Å². The number of methoxy groups -OCH3 is 1. The average Bonchev–Trinajstić information content (AvgIpc) is 2.88. The molecule has 0 unspecified atom stereocenters. The number of amides is 1. The summed E-state index contributed by atoms with van der Waals surface area (Å²) in [6.07, 6.45) is 0. The Morgan fingerprint density at radius 2 is 2.23 bits per heavy atom. The molecule has 0 radical (unpaired) electrons. The fourth-order valence-corrected chi connectivity index (χ4v) is 2.80. The second-order valence-corrected chi connectivity index (χ2v) is 6.06. The van der Waals surface area contributed by atoms with Crippen molar-refractivity contribution in [1.82, 2.24) is 20.1 Å². The molecule has 1 atom stereocenters. The lowest BCUT2D eigenvalue weighted by atomic mass is 10.2. The number of ether oxygens (including phenoxy) is 1. The Labute approximate surface area is 134 Å². The maximum Gasteiger partial charge on any atom is 0.233 e. The fraction of sp³-hybridized carbons (Fsp3) is 0.400. The minimum atomic E-state index is -0.221. The number of rotatable bonds is 6. The van der Waals surface area contributed by atoms with Gasteiger partial charge in [0, 0.05) is 19.2 Å². The predicted molar refractivity (Wildman–Crippen MR) is 87.0 cm³/mol. The molecule has 1 amide bonds. The summed E-state index contributed by atoms with van der Waals surface area (Å²) in [6, 6.07) is 7.65. The van der Waals surface area contributed by atoms with Crippen LogP contribution in [0.2, 0.25) is 0 Å². The first-order valence-electron chi connectivity index (χ1n) is 7.05. The van der Waals surface area contributed by atoms with E-state index in [-0.39, 0.29) is 11.2 Å². The summed E-state index contributed by atoms with van der Waals surface area (Å²) >= 11 is 1.39. The van der Waals surface area contributed by atoms with E-state index in [2.05, 4.69) is 15.5 Å². The molecule has 0 fully saturated rings. The van der Waals surface area contributed by atoms with E-state index in [1.54, 1.807) is 7.11 Å². The molecule has 22 heavy (non-hydrogen) atoms. The van der Waals surface area contributed by atoms with Gasteiger partial charge < -0.3 is 14.6 Å². The Hall–Kier alpha value is -2.02. The van der Waals surface area contributed by atoms with Crippen LogP contribution >= 0.6 is 11.8 Å². The highest BCUT2D eigenvalue weighted by Crippen LogP contribution is 2.27. The maximum absolute atomic E-state index is 11.8. The van der Waals surface area contributed by atoms with Gasteiger partial charge in [-0.25, -0.2) is 0 Å². The summed E-state index contributed by atoms with van der Waals surface area (Å²) in [5.41, 5.74) is 0.923. The second-order valence-electron chi connectivity index (χ2n) is 4.75. The first-order valence-corrected chi connectivity index (χ1v) is 7.93. The van der Waals surface area contributed by atoms with E-state index < -0.39 is 0 Å². The highest BCUT2D eigenvalue weighted by Gasteiger charge is 2.18. The Morgan fingerprint density at radius 3 is 2.91 bits per heavy atom. The summed E-state index contributed by atoms with van der Waals surface area (Å²) in [5, 5.41) is 11.7. The number of hydrogen-bond donors (Lipinski definition) is 1. The normalized spacial score (nSPS) is 12.0. The van der Waals surface area contributed by atoms with Gasteiger partial charge in [-0.1, -0.05) is 23.9 Å². The molecule has 0 saturated heterocycles. The van der Waals surface area contributed by atoms with E-state index in [1.807, 2.05) is 49.7 Å². The number of nitrogens with one attached hydrogen (secondary N) is 1. The molecule has 0 aliphatic heterocycles. The zero-order valence-corrected chi connectivity index (χ0v) is 14.0. The molecule has 0 aliphatic rings. The number of hydrogen-bond acceptors (Lipinski definition) is 5. The van der Waals surface area contributed by atoms with Crippen molar-refractivity contribution in [3.63, 3.8) is 0 Å². The molecule has 0 aliphatic carbocycles. The first-order chi connectivity index (χ1) is 10.6. The molecule has 1 N–H and O–H groups in total. The largest absolute Gasteiger partial charge is 0.497 e. The van der Waals surface area contributed by atoms with Crippen molar-refractivity contribution >= 4 is 17.7 Å². The van der Waals surface area contributed by atoms with Crippen LogP contribution in [0.1, 0.15) is 13.8 Å². The first kappa shape index (κ1) is 16.4. The summed E-state index contributed by atoms with van der Waals surface area (Å²) in [4.78, 5) is 11.8. The van der Waals surface area contributed by atoms with Crippen molar-refractivity contribution < 1.29 is 9.53 Å². The standard InChI is InChI=1S/C15H20N4O2S/c1-5-16-14(20)10(2)22-15-18-17-13(19(15)3)11-7-6-8-12(9-11)21-4/h6-10H,5H2,1-4H3,(H,16,20)/t10-/m0/s1. The molecular formula is C15H20N4O2S. The van der Waals surface area contributed by atoms with Gasteiger partial charge in [-0.05, 0) is 26.0 Å². The van der Waals surface area contributed by atoms with Gasteiger partial charge in [0.1, 0.15) is 5.75 Å². The highest BCUT2D eigenvalue weighted by molar-refractivity contribution is 8.00. The summed E-state index contributed by atoms with van der Waals surface area (Å²) in [6.45, 7) is 4.38. The van der Waals surface area contributed by atoms with Crippen molar-refractivity contribution in [3.8, 4) is 17.1 Å². The number of benzene rings is 1. The van der Waals surface area contributed by atoms with Gasteiger partial charge in [0.25, 0.3) is 0 Å². The minimum absolute atomic E-state index is 0.00145. The number of nitrogens with zero attached hydrogens (tertiary/aromatic N) is 3. The minimum Gasteiger partial charge on any atom is -0.497 e. The van der Waals surface area contributed by atoms with Gasteiger partial charge >= 0.3 is 0 Å².